The minimum atomic E-state index is -0.453. The van der Waals surface area contributed by atoms with Crippen LogP contribution >= 0.6 is 23.1 Å². The Balaban J connectivity index is 1.88. The van der Waals surface area contributed by atoms with E-state index in [9.17, 15) is 4.79 Å². The van der Waals surface area contributed by atoms with Crippen molar-refractivity contribution in [3.8, 4) is 0 Å². The summed E-state index contributed by atoms with van der Waals surface area (Å²) in [7, 11) is 0. The van der Waals surface area contributed by atoms with Crippen LogP contribution in [0.5, 0.6) is 0 Å². The molecule has 1 aromatic heterocycles. The summed E-state index contributed by atoms with van der Waals surface area (Å²) in [5, 5.41) is 5.71. The molecule has 1 aromatic rings. The van der Waals surface area contributed by atoms with Gasteiger partial charge in [-0.25, -0.2) is 4.98 Å². The van der Waals surface area contributed by atoms with Crippen LogP contribution in [-0.4, -0.2) is 34.6 Å². The van der Waals surface area contributed by atoms with Crippen LogP contribution in [0.3, 0.4) is 0 Å². The fraction of sp³-hybridized carbons (Fsp3) is 0.765. The molecule has 0 aromatic carbocycles. The molecular formula is C17H28N2O2S2. The third kappa shape index (κ3) is 5.47. The fourth-order valence-corrected chi connectivity index (χ4v) is 4.33. The summed E-state index contributed by atoms with van der Waals surface area (Å²) in [4.78, 5) is 17.1. The van der Waals surface area contributed by atoms with Crippen molar-refractivity contribution < 1.29 is 9.53 Å². The van der Waals surface area contributed by atoms with E-state index in [1.165, 1.54) is 11.3 Å². The first-order valence-corrected chi connectivity index (χ1v) is 10.0. The lowest BCUT2D eigenvalue weighted by Crippen LogP contribution is -2.35. The molecule has 2 rings (SSSR count). The number of thioether (sulfide) groups is 1. The Hall–Kier alpha value is -0.590. The number of carbonyl (C=O) groups is 1. The molecular weight excluding hydrogens is 328 g/mol. The summed E-state index contributed by atoms with van der Waals surface area (Å²) in [6.07, 6.45) is 2.21. The Kier molecular flexibility index (Phi) is 6.14. The number of nitrogens with one attached hydrogen (secondary N) is 1. The zero-order chi connectivity index (χ0) is 17.1. The second-order valence-corrected chi connectivity index (χ2v) is 10.1. The van der Waals surface area contributed by atoms with Crippen LogP contribution < -0.4 is 5.32 Å². The van der Waals surface area contributed by atoms with Gasteiger partial charge in [-0.2, -0.15) is 0 Å². The zero-order valence-electron chi connectivity index (χ0n) is 14.8. The fourth-order valence-electron chi connectivity index (χ4n) is 2.23. The van der Waals surface area contributed by atoms with E-state index in [2.05, 4.69) is 31.1 Å². The average molecular weight is 357 g/mol. The Bertz CT molecular complexity index is 529. The SMILES string of the molecule is CC(C)(SCC1CCOCC1)C(=O)Nc1nc(C(C)(C)C)cs1. The van der Waals surface area contributed by atoms with Gasteiger partial charge in [-0.1, -0.05) is 20.8 Å². The van der Waals surface area contributed by atoms with Gasteiger partial charge >= 0.3 is 0 Å². The number of amides is 1. The molecule has 0 unspecified atom stereocenters. The second kappa shape index (κ2) is 7.53. The Morgan fingerprint density at radius 2 is 2.00 bits per heavy atom. The summed E-state index contributed by atoms with van der Waals surface area (Å²) in [6.45, 7) is 12.1. The molecule has 6 heteroatoms. The van der Waals surface area contributed by atoms with Gasteiger partial charge in [0, 0.05) is 24.0 Å². The predicted molar refractivity (Wildman–Crippen MR) is 99.5 cm³/mol. The molecule has 1 amide bonds. The van der Waals surface area contributed by atoms with Crippen molar-refractivity contribution in [3.63, 3.8) is 0 Å². The van der Waals surface area contributed by atoms with Crippen LogP contribution in [0.15, 0.2) is 5.38 Å². The molecule has 2 heterocycles. The van der Waals surface area contributed by atoms with E-state index in [-0.39, 0.29) is 11.3 Å². The molecule has 1 saturated heterocycles. The van der Waals surface area contributed by atoms with Crippen molar-refractivity contribution in [2.24, 2.45) is 5.92 Å². The van der Waals surface area contributed by atoms with E-state index < -0.39 is 4.75 Å². The molecule has 0 radical (unpaired) electrons. The van der Waals surface area contributed by atoms with Gasteiger partial charge in [0.1, 0.15) is 0 Å². The molecule has 0 spiro atoms. The van der Waals surface area contributed by atoms with E-state index in [4.69, 9.17) is 4.74 Å². The molecule has 0 saturated carbocycles. The van der Waals surface area contributed by atoms with Gasteiger partial charge in [0.2, 0.25) is 5.91 Å². The van der Waals surface area contributed by atoms with Crippen LogP contribution in [0.2, 0.25) is 0 Å². The number of ether oxygens (including phenoxy) is 1. The van der Waals surface area contributed by atoms with Crippen LogP contribution in [0.4, 0.5) is 5.13 Å². The van der Waals surface area contributed by atoms with Gasteiger partial charge in [0.05, 0.1) is 10.4 Å². The molecule has 0 atom stereocenters. The van der Waals surface area contributed by atoms with Crippen molar-refractivity contribution >= 4 is 34.1 Å². The molecule has 4 nitrogen and oxygen atoms in total. The summed E-state index contributed by atoms with van der Waals surface area (Å²) in [6, 6.07) is 0. The van der Waals surface area contributed by atoms with Gasteiger partial charge in [0.25, 0.3) is 0 Å². The Labute approximate surface area is 147 Å². The lowest BCUT2D eigenvalue weighted by Gasteiger charge is -2.27. The average Bonchev–Trinajstić information content (AvgIpc) is 2.95. The summed E-state index contributed by atoms with van der Waals surface area (Å²) in [5.74, 6) is 1.70. The number of rotatable bonds is 5. The van der Waals surface area contributed by atoms with Crippen LogP contribution in [0, 0.1) is 5.92 Å². The summed E-state index contributed by atoms with van der Waals surface area (Å²) < 4.78 is 4.94. The normalized spacial score (nSPS) is 17.3. The smallest absolute Gasteiger partial charge is 0.241 e. The van der Waals surface area contributed by atoms with Crippen LogP contribution in [-0.2, 0) is 14.9 Å². The van der Waals surface area contributed by atoms with E-state index in [1.807, 2.05) is 19.2 Å². The number of nitrogens with zero attached hydrogens (tertiary/aromatic N) is 1. The molecule has 1 aliphatic rings. The maximum Gasteiger partial charge on any atom is 0.241 e. The van der Waals surface area contributed by atoms with Crippen LogP contribution in [0.25, 0.3) is 0 Å². The van der Waals surface area contributed by atoms with E-state index in [0.717, 1.165) is 37.5 Å². The monoisotopic (exact) mass is 356 g/mol. The lowest BCUT2D eigenvalue weighted by molar-refractivity contribution is -0.117. The number of hydrogen-bond donors (Lipinski definition) is 1. The number of carbonyl (C=O) groups excluding carboxylic acids is 1. The second-order valence-electron chi connectivity index (χ2n) is 7.62. The third-order valence-electron chi connectivity index (χ3n) is 4.06. The molecule has 1 N–H and O–H groups in total. The molecule has 130 valence electrons. The topological polar surface area (TPSA) is 51.2 Å². The van der Waals surface area contributed by atoms with Crippen molar-refractivity contribution in [1.29, 1.82) is 0 Å². The van der Waals surface area contributed by atoms with Gasteiger partial charge < -0.3 is 10.1 Å². The maximum atomic E-state index is 12.6. The highest BCUT2D eigenvalue weighted by molar-refractivity contribution is 8.01. The third-order valence-corrected chi connectivity index (χ3v) is 6.36. The number of aromatic nitrogens is 1. The van der Waals surface area contributed by atoms with Crippen LogP contribution in [0.1, 0.15) is 53.2 Å². The first-order chi connectivity index (χ1) is 10.7. The number of thiazole rings is 1. The quantitative estimate of drug-likeness (QED) is 0.854. The van der Waals surface area contributed by atoms with Gasteiger partial charge in [0.15, 0.2) is 5.13 Å². The highest BCUT2D eigenvalue weighted by Crippen LogP contribution is 2.32. The van der Waals surface area contributed by atoms with Crippen molar-refractivity contribution in [1.82, 2.24) is 4.98 Å². The van der Waals surface area contributed by atoms with Gasteiger partial charge in [-0.3, -0.25) is 4.79 Å². The molecule has 0 bridgehead atoms. The first-order valence-electron chi connectivity index (χ1n) is 8.17. The highest BCUT2D eigenvalue weighted by atomic mass is 32.2. The van der Waals surface area contributed by atoms with E-state index >= 15 is 0 Å². The molecule has 1 aliphatic heterocycles. The zero-order valence-corrected chi connectivity index (χ0v) is 16.4. The van der Waals surface area contributed by atoms with E-state index in [1.54, 1.807) is 11.8 Å². The van der Waals surface area contributed by atoms with Crippen molar-refractivity contribution in [2.75, 3.05) is 24.3 Å². The maximum absolute atomic E-state index is 12.6. The first kappa shape index (κ1) is 18.7. The predicted octanol–water partition coefficient (Wildman–Crippen LogP) is 4.32. The number of anilines is 1. The minimum Gasteiger partial charge on any atom is -0.381 e. The summed E-state index contributed by atoms with van der Waals surface area (Å²) in [5.41, 5.74) is 1.03. The summed E-state index contributed by atoms with van der Waals surface area (Å²) >= 11 is 3.23. The van der Waals surface area contributed by atoms with Gasteiger partial charge in [-0.15, -0.1) is 23.1 Å². The minimum absolute atomic E-state index is 0.00674. The largest absolute Gasteiger partial charge is 0.381 e. The van der Waals surface area contributed by atoms with Crippen molar-refractivity contribution in [2.45, 2.75) is 57.6 Å². The number of hydrogen-bond acceptors (Lipinski definition) is 5. The lowest BCUT2D eigenvalue weighted by atomic mass is 9.93. The Morgan fingerprint density at radius 3 is 2.57 bits per heavy atom. The molecule has 1 fully saturated rings. The van der Waals surface area contributed by atoms with Gasteiger partial charge in [-0.05, 0) is 38.4 Å². The Morgan fingerprint density at radius 1 is 1.35 bits per heavy atom. The molecule has 23 heavy (non-hydrogen) atoms. The van der Waals surface area contributed by atoms with Crippen molar-refractivity contribution in [3.05, 3.63) is 11.1 Å². The van der Waals surface area contributed by atoms with E-state index in [0.29, 0.717) is 11.0 Å². The standard InChI is InChI=1S/C17H28N2O2S2/c1-16(2,3)13-11-22-15(18-13)19-14(20)17(4,5)23-10-12-6-8-21-9-7-12/h11-12H,6-10H2,1-5H3,(H,18,19,20). The highest BCUT2D eigenvalue weighted by Gasteiger charge is 2.30. The molecule has 0 aliphatic carbocycles.